The lowest BCUT2D eigenvalue weighted by molar-refractivity contribution is 0.0497. The van der Waals surface area contributed by atoms with Gasteiger partial charge in [-0.3, -0.25) is 0 Å². The topological polar surface area (TPSA) is 26.3 Å². The molecule has 0 radical (unpaired) electrons. The Hall–Kier alpha value is -1.31. The van der Waals surface area contributed by atoms with Crippen LogP contribution in [0.4, 0.5) is 0 Å². The van der Waals surface area contributed by atoms with E-state index in [0.29, 0.717) is 12.2 Å². The summed E-state index contributed by atoms with van der Waals surface area (Å²) in [5, 5.41) is 0. The predicted molar refractivity (Wildman–Crippen MR) is 103 cm³/mol. The van der Waals surface area contributed by atoms with Crippen LogP contribution in [0.2, 0.25) is 0 Å². The third-order valence-electron chi connectivity index (χ3n) is 4.58. The van der Waals surface area contributed by atoms with E-state index in [0.717, 1.165) is 19.3 Å². The number of carbonyl (C=O) groups is 1. The lowest BCUT2D eigenvalue weighted by atomic mass is 10.1. The summed E-state index contributed by atoms with van der Waals surface area (Å²) < 4.78 is 5.35. The highest BCUT2D eigenvalue weighted by Crippen LogP contribution is 2.12. The molecule has 0 fully saturated rings. The largest absolute Gasteiger partial charge is 0.462 e. The van der Waals surface area contributed by atoms with E-state index in [1.807, 2.05) is 24.3 Å². The Bertz CT molecular complexity index is 422. The van der Waals surface area contributed by atoms with Gasteiger partial charge in [0.2, 0.25) is 0 Å². The van der Waals surface area contributed by atoms with Crippen LogP contribution in [0.15, 0.2) is 24.3 Å². The maximum Gasteiger partial charge on any atom is 0.338 e. The second-order valence-electron chi connectivity index (χ2n) is 6.72. The van der Waals surface area contributed by atoms with Crippen LogP contribution in [-0.2, 0) is 11.2 Å². The standard InChI is InChI=1S/C22H36O2/c1-3-5-6-7-8-9-10-11-12-13-14-19-24-22(23)21-17-15-20(4-2)16-18-21/h15-18H,3-14,19H2,1-2H3. The molecular weight excluding hydrogens is 296 g/mol. The maximum atomic E-state index is 11.9. The highest BCUT2D eigenvalue weighted by Gasteiger charge is 2.06. The van der Waals surface area contributed by atoms with Gasteiger partial charge < -0.3 is 4.74 Å². The van der Waals surface area contributed by atoms with Crippen LogP contribution in [0.1, 0.15) is 100 Å². The number of esters is 1. The third kappa shape index (κ3) is 9.75. The number of benzene rings is 1. The molecule has 0 aliphatic heterocycles. The molecule has 24 heavy (non-hydrogen) atoms. The number of hydrogen-bond donors (Lipinski definition) is 0. The number of unbranched alkanes of at least 4 members (excludes halogenated alkanes) is 10. The molecule has 0 aliphatic rings. The monoisotopic (exact) mass is 332 g/mol. The number of hydrogen-bond acceptors (Lipinski definition) is 2. The van der Waals surface area contributed by atoms with Crippen LogP contribution >= 0.6 is 0 Å². The normalized spacial score (nSPS) is 10.8. The molecule has 1 aromatic carbocycles. The van der Waals surface area contributed by atoms with Crippen molar-refractivity contribution < 1.29 is 9.53 Å². The Morgan fingerprint density at radius 1 is 0.750 bits per heavy atom. The fourth-order valence-corrected chi connectivity index (χ4v) is 2.89. The number of aryl methyl sites for hydroxylation is 1. The van der Waals surface area contributed by atoms with Crippen molar-refractivity contribution in [2.75, 3.05) is 6.61 Å². The Kier molecular flexibility index (Phi) is 12.2. The average Bonchev–Trinajstić information content (AvgIpc) is 2.62. The minimum atomic E-state index is -0.190. The van der Waals surface area contributed by atoms with Crippen molar-refractivity contribution in [2.45, 2.75) is 90.9 Å². The molecule has 0 spiro atoms. The summed E-state index contributed by atoms with van der Waals surface area (Å²) in [6, 6.07) is 7.72. The van der Waals surface area contributed by atoms with Gasteiger partial charge in [0.1, 0.15) is 0 Å². The first kappa shape index (κ1) is 20.7. The van der Waals surface area contributed by atoms with E-state index in [2.05, 4.69) is 13.8 Å². The maximum absolute atomic E-state index is 11.9. The Morgan fingerprint density at radius 2 is 1.25 bits per heavy atom. The molecule has 0 bridgehead atoms. The van der Waals surface area contributed by atoms with Gasteiger partial charge in [0.25, 0.3) is 0 Å². The van der Waals surface area contributed by atoms with E-state index >= 15 is 0 Å². The summed E-state index contributed by atoms with van der Waals surface area (Å²) >= 11 is 0. The van der Waals surface area contributed by atoms with Gasteiger partial charge in [-0.15, -0.1) is 0 Å². The molecule has 0 saturated carbocycles. The first-order chi connectivity index (χ1) is 11.8. The van der Waals surface area contributed by atoms with Gasteiger partial charge >= 0.3 is 5.97 Å². The molecule has 2 heteroatoms. The average molecular weight is 333 g/mol. The zero-order valence-electron chi connectivity index (χ0n) is 15.8. The molecule has 1 rings (SSSR count). The highest BCUT2D eigenvalue weighted by atomic mass is 16.5. The van der Waals surface area contributed by atoms with Crippen LogP contribution in [0.3, 0.4) is 0 Å². The Morgan fingerprint density at radius 3 is 1.75 bits per heavy atom. The lowest BCUT2D eigenvalue weighted by Crippen LogP contribution is -2.06. The molecule has 0 aromatic heterocycles. The van der Waals surface area contributed by atoms with Gasteiger partial charge in [-0.05, 0) is 30.5 Å². The van der Waals surface area contributed by atoms with Gasteiger partial charge in [-0.2, -0.15) is 0 Å². The van der Waals surface area contributed by atoms with Crippen molar-refractivity contribution in [1.82, 2.24) is 0 Å². The molecule has 2 nitrogen and oxygen atoms in total. The van der Waals surface area contributed by atoms with Crippen LogP contribution in [0.25, 0.3) is 0 Å². The zero-order chi connectivity index (χ0) is 17.5. The van der Waals surface area contributed by atoms with Crippen molar-refractivity contribution in [2.24, 2.45) is 0 Å². The van der Waals surface area contributed by atoms with Crippen molar-refractivity contribution >= 4 is 5.97 Å². The van der Waals surface area contributed by atoms with Gasteiger partial charge in [0.05, 0.1) is 12.2 Å². The second-order valence-corrected chi connectivity index (χ2v) is 6.72. The first-order valence-electron chi connectivity index (χ1n) is 10.0. The summed E-state index contributed by atoms with van der Waals surface area (Å²) in [5.41, 5.74) is 1.91. The summed E-state index contributed by atoms with van der Waals surface area (Å²) in [7, 11) is 0. The van der Waals surface area contributed by atoms with Gasteiger partial charge in [-0.1, -0.05) is 90.2 Å². The van der Waals surface area contributed by atoms with E-state index in [9.17, 15) is 4.79 Å². The van der Waals surface area contributed by atoms with E-state index in [1.165, 1.54) is 63.4 Å². The Labute approximate surface area is 149 Å². The van der Waals surface area contributed by atoms with Crippen molar-refractivity contribution in [3.05, 3.63) is 35.4 Å². The van der Waals surface area contributed by atoms with Gasteiger partial charge in [-0.25, -0.2) is 4.79 Å². The minimum Gasteiger partial charge on any atom is -0.462 e. The van der Waals surface area contributed by atoms with Crippen molar-refractivity contribution in [1.29, 1.82) is 0 Å². The van der Waals surface area contributed by atoms with E-state index in [1.54, 1.807) is 0 Å². The highest BCUT2D eigenvalue weighted by molar-refractivity contribution is 5.89. The van der Waals surface area contributed by atoms with Gasteiger partial charge in [0, 0.05) is 0 Å². The van der Waals surface area contributed by atoms with E-state index < -0.39 is 0 Å². The predicted octanol–water partition coefficient (Wildman–Crippen LogP) is 6.72. The minimum absolute atomic E-state index is 0.190. The fourth-order valence-electron chi connectivity index (χ4n) is 2.89. The number of rotatable bonds is 14. The number of ether oxygens (including phenoxy) is 1. The fraction of sp³-hybridized carbons (Fsp3) is 0.682. The quantitative estimate of drug-likeness (QED) is 0.279. The van der Waals surface area contributed by atoms with Crippen molar-refractivity contribution in [3.8, 4) is 0 Å². The van der Waals surface area contributed by atoms with Gasteiger partial charge in [0.15, 0.2) is 0 Å². The smallest absolute Gasteiger partial charge is 0.338 e. The van der Waals surface area contributed by atoms with E-state index in [-0.39, 0.29) is 5.97 Å². The zero-order valence-corrected chi connectivity index (χ0v) is 15.8. The summed E-state index contributed by atoms with van der Waals surface area (Å²) in [6.45, 7) is 4.92. The summed E-state index contributed by atoms with van der Waals surface area (Å²) in [6.07, 6.45) is 15.4. The molecule has 0 heterocycles. The lowest BCUT2D eigenvalue weighted by Gasteiger charge is -2.06. The molecule has 0 saturated heterocycles. The second kappa shape index (κ2) is 14.1. The van der Waals surface area contributed by atoms with Crippen LogP contribution < -0.4 is 0 Å². The van der Waals surface area contributed by atoms with E-state index in [4.69, 9.17) is 4.74 Å². The third-order valence-corrected chi connectivity index (χ3v) is 4.58. The summed E-state index contributed by atoms with van der Waals surface area (Å²) in [5.74, 6) is -0.190. The molecule has 136 valence electrons. The van der Waals surface area contributed by atoms with Crippen LogP contribution in [0.5, 0.6) is 0 Å². The SMILES string of the molecule is CCCCCCCCCCCCCOC(=O)c1ccc(CC)cc1. The molecule has 0 unspecified atom stereocenters. The molecule has 0 N–H and O–H groups in total. The molecule has 0 aliphatic carbocycles. The van der Waals surface area contributed by atoms with Crippen LogP contribution in [-0.4, -0.2) is 12.6 Å². The Balaban J connectivity index is 1.93. The summed E-state index contributed by atoms with van der Waals surface area (Å²) in [4.78, 5) is 11.9. The molecule has 0 atom stereocenters. The first-order valence-corrected chi connectivity index (χ1v) is 10.0. The molecule has 1 aromatic rings. The number of carbonyl (C=O) groups excluding carboxylic acids is 1. The van der Waals surface area contributed by atoms with Crippen molar-refractivity contribution in [3.63, 3.8) is 0 Å². The molecule has 0 amide bonds. The van der Waals surface area contributed by atoms with Crippen LogP contribution in [0, 0.1) is 0 Å². The molecular formula is C22H36O2.